The maximum absolute atomic E-state index is 11.1. The van der Waals surface area contributed by atoms with Crippen molar-refractivity contribution >= 4 is 17.3 Å². The minimum absolute atomic E-state index is 0.00770. The second-order valence-electron chi connectivity index (χ2n) is 5.54. The van der Waals surface area contributed by atoms with E-state index in [4.69, 9.17) is 16.3 Å². The van der Waals surface area contributed by atoms with Crippen molar-refractivity contribution in [2.45, 2.75) is 25.0 Å². The van der Waals surface area contributed by atoms with Crippen molar-refractivity contribution in [1.82, 2.24) is 4.90 Å². The topological polar surface area (TPSA) is 75.8 Å². The molecule has 1 heterocycles. The first kappa shape index (κ1) is 16.2. The molecule has 0 saturated carbocycles. The molecule has 116 valence electrons. The Hall–Kier alpha value is -1.21. The number of hydrogen-bond acceptors (Lipinski definition) is 5. The van der Waals surface area contributed by atoms with Crippen LogP contribution >= 0.6 is 11.6 Å². The lowest BCUT2D eigenvalue weighted by Gasteiger charge is -2.35. The van der Waals surface area contributed by atoms with E-state index in [1.165, 1.54) is 6.07 Å². The third kappa shape index (κ3) is 4.38. The summed E-state index contributed by atoms with van der Waals surface area (Å²) in [6.07, 6.45) is 1.17. The van der Waals surface area contributed by atoms with Crippen molar-refractivity contribution in [2.24, 2.45) is 0 Å². The zero-order valence-corrected chi connectivity index (χ0v) is 12.7. The first-order valence-corrected chi connectivity index (χ1v) is 7.19. The van der Waals surface area contributed by atoms with Crippen molar-refractivity contribution < 1.29 is 14.8 Å². The van der Waals surface area contributed by atoms with Gasteiger partial charge in [-0.2, -0.15) is 0 Å². The van der Waals surface area contributed by atoms with Gasteiger partial charge in [0.1, 0.15) is 0 Å². The predicted octanol–water partition coefficient (Wildman–Crippen LogP) is 2.22. The summed E-state index contributed by atoms with van der Waals surface area (Å²) in [6.45, 7) is 1.93. The molecule has 0 aliphatic carbocycles. The van der Waals surface area contributed by atoms with Gasteiger partial charge in [0.25, 0.3) is 5.69 Å². The summed E-state index contributed by atoms with van der Waals surface area (Å²) in [7, 11) is 1.84. The normalized spacial score (nSPS) is 17.9. The molecule has 7 heteroatoms. The van der Waals surface area contributed by atoms with E-state index >= 15 is 0 Å². The van der Waals surface area contributed by atoms with Crippen LogP contribution in [-0.2, 0) is 11.3 Å². The number of aliphatic hydroxyl groups is 1. The van der Waals surface area contributed by atoms with Crippen LogP contribution < -0.4 is 0 Å². The molecule has 6 nitrogen and oxygen atoms in total. The van der Waals surface area contributed by atoms with Gasteiger partial charge in [-0.25, -0.2) is 0 Å². The summed E-state index contributed by atoms with van der Waals surface area (Å²) in [5.41, 5.74) is -0.190. The van der Waals surface area contributed by atoms with Crippen molar-refractivity contribution in [1.29, 1.82) is 0 Å². The average Bonchev–Trinajstić information content (AvgIpc) is 2.40. The van der Waals surface area contributed by atoms with Crippen LogP contribution in [0.2, 0.25) is 5.02 Å². The number of benzene rings is 1. The van der Waals surface area contributed by atoms with Crippen LogP contribution in [0, 0.1) is 10.1 Å². The first-order chi connectivity index (χ1) is 9.89. The highest BCUT2D eigenvalue weighted by Crippen LogP contribution is 2.26. The van der Waals surface area contributed by atoms with Crippen molar-refractivity contribution in [3.05, 3.63) is 38.9 Å². The maximum Gasteiger partial charge on any atom is 0.275 e. The molecule has 0 spiro atoms. The lowest BCUT2D eigenvalue weighted by molar-refractivity contribution is -0.385. The molecule has 0 aromatic heterocycles. The van der Waals surface area contributed by atoms with Crippen LogP contribution in [0.5, 0.6) is 0 Å². The fraction of sp³-hybridized carbons (Fsp3) is 0.571. The summed E-state index contributed by atoms with van der Waals surface area (Å²) in [4.78, 5) is 12.5. The number of hydrogen-bond donors (Lipinski definition) is 1. The number of likely N-dealkylation sites (N-methyl/N-ethyl adjacent to an activating group) is 1. The minimum atomic E-state index is -0.784. The van der Waals surface area contributed by atoms with Gasteiger partial charge in [-0.3, -0.25) is 15.0 Å². The van der Waals surface area contributed by atoms with Gasteiger partial charge >= 0.3 is 0 Å². The smallest absolute Gasteiger partial charge is 0.275 e. The maximum atomic E-state index is 11.1. The van der Waals surface area contributed by atoms with E-state index in [9.17, 15) is 15.2 Å². The van der Waals surface area contributed by atoms with Crippen LogP contribution in [0.3, 0.4) is 0 Å². The molecule has 1 fully saturated rings. The summed E-state index contributed by atoms with van der Waals surface area (Å²) in [5.74, 6) is 0. The number of nitro benzene ring substituents is 1. The molecule has 1 aromatic rings. The van der Waals surface area contributed by atoms with Crippen molar-refractivity contribution in [3.8, 4) is 0 Å². The second-order valence-corrected chi connectivity index (χ2v) is 5.98. The molecule has 1 aromatic carbocycles. The summed E-state index contributed by atoms with van der Waals surface area (Å²) >= 11 is 5.80. The highest BCUT2D eigenvalue weighted by Gasteiger charge is 2.31. The van der Waals surface area contributed by atoms with E-state index in [1.807, 2.05) is 11.9 Å². The number of nitro groups is 1. The van der Waals surface area contributed by atoms with Gasteiger partial charge < -0.3 is 9.84 Å². The van der Waals surface area contributed by atoms with Crippen molar-refractivity contribution in [2.75, 3.05) is 26.8 Å². The molecule has 1 N–H and O–H groups in total. The largest absolute Gasteiger partial charge is 0.388 e. The van der Waals surface area contributed by atoms with E-state index in [-0.39, 0.29) is 5.69 Å². The fourth-order valence-electron chi connectivity index (χ4n) is 2.60. The molecule has 0 unspecified atom stereocenters. The molecular weight excluding hydrogens is 296 g/mol. The Morgan fingerprint density at radius 2 is 2.14 bits per heavy atom. The average molecular weight is 315 g/mol. The minimum Gasteiger partial charge on any atom is -0.388 e. The van der Waals surface area contributed by atoms with Crippen LogP contribution in [0.15, 0.2) is 18.2 Å². The Labute approximate surface area is 128 Å². The van der Waals surface area contributed by atoms with E-state index in [2.05, 4.69) is 0 Å². The van der Waals surface area contributed by atoms with E-state index in [0.29, 0.717) is 49.7 Å². The third-order valence-corrected chi connectivity index (χ3v) is 3.91. The van der Waals surface area contributed by atoms with Crippen LogP contribution in [0.4, 0.5) is 5.69 Å². The zero-order chi connectivity index (χ0) is 15.5. The van der Waals surface area contributed by atoms with E-state index in [0.717, 1.165) is 0 Å². The van der Waals surface area contributed by atoms with Gasteiger partial charge in [0, 0.05) is 55.8 Å². The predicted molar refractivity (Wildman–Crippen MR) is 79.4 cm³/mol. The third-order valence-electron chi connectivity index (χ3n) is 3.67. The molecule has 21 heavy (non-hydrogen) atoms. The molecule has 0 amide bonds. The standard InChI is InChI=1S/C14H19ClN2O4/c1-16(10-14(18)4-6-21-7-5-14)9-11-2-3-12(15)8-13(11)17(19)20/h2-3,8,18H,4-7,9-10H2,1H3. The molecule has 2 rings (SSSR count). The summed E-state index contributed by atoms with van der Waals surface area (Å²) in [6, 6.07) is 4.65. The highest BCUT2D eigenvalue weighted by atomic mass is 35.5. The van der Waals surface area contributed by atoms with Crippen LogP contribution in [0.1, 0.15) is 18.4 Å². The Morgan fingerprint density at radius 3 is 2.76 bits per heavy atom. The van der Waals surface area contributed by atoms with Crippen LogP contribution in [0.25, 0.3) is 0 Å². The van der Waals surface area contributed by atoms with E-state index < -0.39 is 10.5 Å². The number of halogens is 1. The van der Waals surface area contributed by atoms with Gasteiger partial charge in [0.2, 0.25) is 0 Å². The Balaban J connectivity index is 2.05. The lowest BCUT2D eigenvalue weighted by Crippen LogP contribution is -2.45. The monoisotopic (exact) mass is 314 g/mol. The molecule has 0 radical (unpaired) electrons. The number of nitrogens with zero attached hydrogens (tertiary/aromatic N) is 2. The highest BCUT2D eigenvalue weighted by molar-refractivity contribution is 6.30. The summed E-state index contributed by atoms with van der Waals surface area (Å²) in [5, 5.41) is 21.9. The molecule has 0 atom stereocenters. The first-order valence-electron chi connectivity index (χ1n) is 6.81. The van der Waals surface area contributed by atoms with Gasteiger partial charge in [-0.15, -0.1) is 0 Å². The van der Waals surface area contributed by atoms with Gasteiger partial charge in [-0.1, -0.05) is 11.6 Å². The Kier molecular flexibility index (Phi) is 5.16. The molecule has 0 bridgehead atoms. The number of ether oxygens (including phenoxy) is 1. The molecule has 1 saturated heterocycles. The quantitative estimate of drug-likeness (QED) is 0.666. The van der Waals surface area contributed by atoms with Gasteiger partial charge in [0.05, 0.1) is 10.5 Å². The van der Waals surface area contributed by atoms with Crippen LogP contribution in [-0.4, -0.2) is 47.3 Å². The van der Waals surface area contributed by atoms with Crippen molar-refractivity contribution in [3.63, 3.8) is 0 Å². The Morgan fingerprint density at radius 1 is 1.48 bits per heavy atom. The fourth-order valence-corrected chi connectivity index (χ4v) is 2.77. The SMILES string of the molecule is CN(Cc1ccc(Cl)cc1[N+](=O)[O-])CC1(O)CCOCC1. The van der Waals surface area contributed by atoms with Gasteiger partial charge in [-0.05, 0) is 19.2 Å². The second kappa shape index (κ2) is 6.70. The molecular formula is C14H19ClN2O4. The van der Waals surface area contributed by atoms with E-state index in [1.54, 1.807) is 12.1 Å². The number of rotatable bonds is 5. The Bertz CT molecular complexity index is 518. The lowest BCUT2D eigenvalue weighted by atomic mass is 9.94. The zero-order valence-electron chi connectivity index (χ0n) is 11.9. The molecule has 1 aliphatic heterocycles. The summed E-state index contributed by atoms with van der Waals surface area (Å²) < 4.78 is 5.25. The molecule has 1 aliphatic rings. The van der Waals surface area contributed by atoms with Gasteiger partial charge in [0.15, 0.2) is 0 Å².